The van der Waals surface area contributed by atoms with Crippen molar-refractivity contribution in [1.82, 2.24) is 4.72 Å². The third-order valence-corrected chi connectivity index (χ3v) is 5.98. The fraction of sp³-hybridized carbons (Fsp3) is 0.353. The first kappa shape index (κ1) is 16.0. The number of carbonyl (C=O) groups is 1. The van der Waals surface area contributed by atoms with Crippen LogP contribution in [0.1, 0.15) is 38.2 Å². The third-order valence-electron chi connectivity index (χ3n) is 4.38. The normalized spacial score (nSPS) is 16.7. The van der Waals surface area contributed by atoms with Gasteiger partial charge in [-0.3, -0.25) is 4.79 Å². The van der Waals surface area contributed by atoms with Gasteiger partial charge in [-0.15, -0.1) is 0 Å². The largest absolute Gasteiger partial charge is 0.368 e. The molecule has 0 atom stereocenters. The molecule has 0 saturated heterocycles. The minimum Gasteiger partial charge on any atom is -0.368 e. The molecule has 0 spiro atoms. The van der Waals surface area contributed by atoms with Gasteiger partial charge in [-0.1, -0.05) is 44.2 Å². The molecule has 2 aromatic rings. The van der Waals surface area contributed by atoms with Crippen molar-refractivity contribution < 1.29 is 13.2 Å². The lowest BCUT2D eigenvalue weighted by Gasteiger charge is -2.17. The summed E-state index contributed by atoms with van der Waals surface area (Å²) in [6.45, 7) is 4.14. The van der Waals surface area contributed by atoms with Crippen LogP contribution in [-0.4, -0.2) is 19.9 Å². The number of fused-ring (bicyclic) bond motifs is 1. The monoisotopic (exact) mass is 332 g/mol. The van der Waals surface area contributed by atoms with Gasteiger partial charge in [0.05, 0.1) is 4.90 Å². The number of hydrogen-bond acceptors (Lipinski definition) is 3. The molecular formula is C17H20N2O3S. The molecule has 1 saturated carbocycles. The maximum absolute atomic E-state index is 12.8. The molecule has 122 valence electrons. The quantitative estimate of drug-likeness (QED) is 0.880. The molecule has 1 aliphatic carbocycles. The highest BCUT2D eigenvalue weighted by Crippen LogP contribution is 2.38. The maximum atomic E-state index is 12.8. The van der Waals surface area contributed by atoms with Crippen LogP contribution in [0.3, 0.4) is 0 Å². The van der Waals surface area contributed by atoms with E-state index in [1.54, 1.807) is 12.1 Å². The second-order valence-corrected chi connectivity index (χ2v) is 8.06. The van der Waals surface area contributed by atoms with Gasteiger partial charge < -0.3 is 5.73 Å². The van der Waals surface area contributed by atoms with E-state index in [-0.39, 0.29) is 10.8 Å². The highest BCUT2D eigenvalue weighted by molar-refractivity contribution is 7.89. The van der Waals surface area contributed by atoms with Gasteiger partial charge in [-0.05, 0) is 35.8 Å². The number of sulfonamides is 1. The van der Waals surface area contributed by atoms with Crippen molar-refractivity contribution in [1.29, 1.82) is 0 Å². The van der Waals surface area contributed by atoms with Crippen molar-refractivity contribution in [2.24, 2.45) is 5.73 Å². The summed E-state index contributed by atoms with van der Waals surface area (Å²) in [5.74, 6) is -0.339. The smallest absolute Gasteiger partial charge is 0.242 e. The van der Waals surface area contributed by atoms with Crippen LogP contribution in [0, 0.1) is 0 Å². The standard InChI is InChI=1S/C17H20N2O3S/c1-11(2)12-7-8-15(14-6-4-3-5-13(12)14)23(21,22)19-17(9-10-17)16(18)20/h3-8,11,19H,9-10H2,1-2H3,(H2,18,20). The second-order valence-electron chi connectivity index (χ2n) is 6.41. The van der Waals surface area contributed by atoms with E-state index in [9.17, 15) is 13.2 Å². The zero-order valence-electron chi connectivity index (χ0n) is 13.2. The Bertz CT molecular complexity index is 884. The zero-order valence-corrected chi connectivity index (χ0v) is 14.0. The SMILES string of the molecule is CC(C)c1ccc(S(=O)(=O)NC2(C(N)=O)CC2)c2ccccc12. The number of carbonyl (C=O) groups excluding carboxylic acids is 1. The predicted octanol–water partition coefficient (Wildman–Crippen LogP) is 2.26. The van der Waals surface area contributed by atoms with Gasteiger partial charge in [0.1, 0.15) is 5.54 Å². The van der Waals surface area contributed by atoms with Crippen molar-refractivity contribution in [3.63, 3.8) is 0 Å². The summed E-state index contributed by atoms with van der Waals surface area (Å²) in [5.41, 5.74) is 5.31. The number of hydrogen-bond donors (Lipinski definition) is 2. The molecule has 6 heteroatoms. The van der Waals surface area contributed by atoms with Gasteiger partial charge in [-0.2, -0.15) is 4.72 Å². The van der Waals surface area contributed by atoms with E-state index in [0.717, 1.165) is 10.9 Å². The highest BCUT2D eigenvalue weighted by atomic mass is 32.2. The highest BCUT2D eigenvalue weighted by Gasteiger charge is 2.51. The lowest BCUT2D eigenvalue weighted by atomic mass is 9.96. The van der Waals surface area contributed by atoms with Crippen LogP contribution in [0.2, 0.25) is 0 Å². The Morgan fingerprint density at radius 1 is 1.13 bits per heavy atom. The van der Waals surface area contributed by atoms with Crippen molar-refractivity contribution in [3.05, 3.63) is 42.0 Å². The number of rotatable bonds is 5. The van der Waals surface area contributed by atoms with Crippen molar-refractivity contribution in [3.8, 4) is 0 Å². The number of amides is 1. The minimum absolute atomic E-state index is 0.185. The number of benzene rings is 2. The van der Waals surface area contributed by atoms with E-state index in [2.05, 4.69) is 18.6 Å². The number of nitrogens with one attached hydrogen (secondary N) is 1. The second kappa shape index (κ2) is 5.32. The Hall–Kier alpha value is -1.92. The van der Waals surface area contributed by atoms with Crippen LogP contribution in [0.4, 0.5) is 0 Å². The summed E-state index contributed by atoms with van der Waals surface area (Å²) in [5, 5.41) is 1.57. The first-order valence-corrected chi connectivity index (χ1v) is 9.11. The molecule has 5 nitrogen and oxygen atoms in total. The van der Waals surface area contributed by atoms with Gasteiger partial charge in [0.25, 0.3) is 0 Å². The summed E-state index contributed by atoms with van der Waals surface area (Å²) in [7, 11) is -3.82. The summed E-state index contributed by atoms with van der Waals surface area (Å²) in [6.07, 6.45) is 0.896. The average molecular weight is 332 g/mol. The van der Waals surface area contributed by atoms with Crippen LogP contribution in [-0.2, 0) is 14.8 Å². The Kier molecular flexibility index (Phi) is 3.69. The first-order valence-electron chi connectivity index (χ1n) is 7.62. The van der Waals surface area contributed by atoms with E-state index in [1.165, 1.54) is 0 Å². The van der Waals surface area contributed by atoms with E-state index in [4.69, 9.17) is 5.73 Å². The summed E-state index contributed by atoms with van der Waals surface area (Å²) >= 11 is 0. The van der Waals surface area contributed by atoms with E-state index in [1.807, 2.05) is 24.3 Å². The Balaban J connectivity index is 2.14. The molecule has 0 unspecified atom stereocenters. The predicted molar refractivity (Wildman–Crippen MR) is 89.5 cm³/mol. The van der Waals surface area contributed by atoms with Gasteiger partial charge in [-0.25, -0.2) is 8.42 Å². The van der Waals surface area contributed by atoms with Gasteiger partial charge >= 0.3 is 0 Å². The van der Waals surface area contributed by atoms with E-state index >= 15 is 0 Å². The molecule has 3 rings (SSSR count). The summed E-state index contributed by atoms with van der Waals surface area (Å²) in [6, 6.07) is 10.9. The summed E-state index contributed by atoms with van der Waals surface area (Å²) < 4.78 is 28.0. The fourth-order valence-electron chi connectivity index (χ4n) is 2.87. The third kappa shape index (κ3) is 2.72. The molecular weight excluding hydrogens is 312 g/mol. The van der Waals surface area contributed by atoms with Crippen molar-refractivity contribution in [2.45, 2.75) is 43.0 Å². The van der Waals surface area contributed by atoms with Crippen molar-refractivity contribution in [2.75, 3.05) is 0 Å². The Labute approximate surface area is 135 Å². The fourth-order valence-corrected chi connectivity index (χ4v) is 4.51. The molecule has 1 amide bonds. The molecule has 3 N–H and O–H groups in total. The van der Waals surface area contributed by atoms with E-state index in [0.29, 0.717) is 18.2 Å². The average Bonchev–Trinajstić information content (AvgIpc) is 3.26. The summed E-state index contributed by atoms with van der Waals surface area (Å²) in [4.78, 5) is 11.7. The van der Waals surface area contributed by atoms with Crippen LogP contribution in [0.15, 0.2) is 41.3 Å². The number of nitrogens with two attached hydrogens (primary N) is 1. The van der Waals surface area contributed by atoms with Crippen LogP contribution in [0.5, 0.6) is 0 Å². The molecule has 0 radical (unpaired) electrons. The first-order chi connectivity index (χ1) is 10.8. The Morgan fingerprint density at radius 3 is 2.26 bits per heavy atom. The molecule has 1 aliphatic rings. The van der Waals surface area contributed by atoms with Gasteiger partial charge in [0.2, 0.25) is 15.9 Å². The molecule has 0 bridgehead atoms. The van der Waals surface area contributed by atoms with Crippen LogP contribution in [0.25, 0.3) is 10.8 Å². The lowest BCUT2D eigenvalue weighted by molar-refractivity contribution is -0.120. The lowest BCUT2D eigenvalue weighted by Crippen LogP contribution is -2.46. The maximum Gasteiger partial charge on any atom is 0.242 e. The number of primary amides is 1. The van der Waals surface area contributed by atoms with Crippen LogP contribution < -0.4 is 10.5 Å². The topological polar surface area (TPSA) is 89.3 Å². The van der Waals surface area contributed by atoms with Crippen molar-refractivity contribution >= 4 is 26.7 Å². The molecule has 0 aliphatic heterocycles. The minimum atomic E-state index is -3.82. The molecule has 23 heavy (non-hydrogen) atoms. The molecule has 0 heterocycles. The van der Waals surface area contributed by atoms with Crippen LogP contribution >= 0.6 is 0 Å². The molecule has 1 fully saturated rings. The van der Waals surface area contributed by atoms with E-state index < -0.39 is 21.5 Å². The molecule has 0 aromatic heterocycles. The Morgan fingerprint density at radius 2 is 1.74 bits per heavy atom. The molecule has 2 aromatic carbocycles. The van der Waals surface area contributed by atoms with Gasteiger partial charge in [0, 0.05) is 5.39 Å². The van der Waals surface area contributed by atoms with Gasteiger partial charge in [0.15, 0.2) is 0 Å². The zero-order chi connectivity index (χ0) is 16.8.